The summed E-state index contributed by atoms with van der Waals surface area (Å²) < 4.78 is 66.3. The first-order chi connectivity index (χ1) is 16.8. The van der Waals surface area contributed by atoms with E-state index in [2.05, 4.69) is 30.9 Å². The molecule has 3 heterocycles. The average Bonchev–Trinajstić information content (AvgIpc) is 3.17. The quantitative estimate of drug-likeness (QED) is 0.431. The Morgan fingerprint density at radius 2 is 1.94 bits per heavy atom. The SMILES string of the molecule is Cc1cncc(CNc2nc(Nc3cccc4c3NC(=O)C4)ncc2C(F)(F)F)c1N(C)S(C)(=O)=O. The highest BCUT2D eigenvalue weighted by molar-refractivity contribution is 7.92. The van der Waals surface area contributed by atoms with Crippen molar-refractivity contribution in [3.05, 3.63) is 59.0 Å². The first kappa shape index (κ1) is 25.2. The number of fused-ring (bicyclic) bond motifs is 1. The molecule has 4 rings (SSSR count). The van der Waals surface area contributed by atoms with Crippen LogP contribution in [0, 0.1) is 6.92 Å². The monoisotopic (exact) mass is 521 g/mol. The number of alkyl halides is 3. The van der Waals surface area contributed by atoms with Gasteiger partial charge >= 0.3 is 6.18 Å². The maximum atomic E-state index is 13.7. The highest BCUT2D eigenvalue weighted by atomic mass is 32.2. The minimum atomic E-state index is -4.75. The lowest BCUT2D eigenvalue weighted by Gasteiger charge is -2.23. The summed E-state index contributed by atoms with van der Waals surface area (Å²) in [6, 6.07) is 5.11. The lowest BCUT2D eigenvalue weighted by molar-refractivity contribution is -0.137. The predicted molar refractivity (Wildman–Crippen MR) is 129 cm³/mol. The number of anilines is 5. The molecule has 1 amide bonds. The fourth-order valence-corrected chi connectivity index (χ4v) is 4.39. The molecule has 10 nitrogen and oxygen atoms in total. The molecule has 14 heteroatoms. The molecule has 1 aliphatic rings. The summed E-state index contributed by atoms with van der Waals surface area (Å²) in [5.41, 5.74) is 1.78. The smallest absolute Gasteiger partial charge is 0.365 e. The molecule has 0 radical (unpaired) electrons. The third-order valence-electron chi connectivity index (χ3n) is 5.54. The van der Waals surface area contributed by atoms with Crippen molar-refractivity contribution in [3.63, 3.8) is 0 Å². The molecule has 0 saturated heterocycles. The number of hydrogen-bond acceptors (Lipinski definition) is 8. The number of aromatic nitrogens is 3. The number of benzene rings is 1. The molecular formula is C22H22F3N7O3S. The molecule has 3 aromatic rings. The summed E-state index contributed by atoms with van der Waals surface area (Å²) in [6.45, 7) is 1.46. The number of nitrogens with one attached hydrogen (secondary N) is 3. The minimum Gasteiger partial charge on any atom is -0.365 e. The van der Waals surface area contributed by atoms with E-state index in [4.69, 9.17) is 0 Å². The van der Waals surface area contributed by atoms with Crippen molar-refractivity contribution >= 4 is 44.8 Å². The Balaban J connectivity index is 1.67. The van der Waals surface area contributed by atoms with E-state index < -0.39 is 27.6 Å². The van der Waals surface area contributed by atoms with Gasteiger partial charge in [0.05, 0.1) is 29.7 Å². The van der Waals surface area contributed by atoms with E-state index in [-0.39, 0.29) is 24.8 Å². The summed E-state index contributed by atoms with van der Waals surface area (Å²) in [5, 5.41) is 8.21. The molecule has 190 valence electrons. The summed E-state index contributed by atoms with van der Waals surface area (Å²) in [6.07, 6.45) is -0.0409. The zero-order chi connectivity index (χ0) is 26.3. The van der Waals surface area contributed by atoms with Gasteiger partial charge in [-0.05, 0) is 24.1 Å². The Bertz CT molecular complexity index is 1450. The molecule has 0 atom stereocenters. The van der Waals surface area contributed by atoms with Crippen LogP contribution in [0.15, 0.2) is 36.8 Å². The largest absolute Gasteiger partial charge is 0.421 e. The molecule has 0 saturated carbocycles. The lowest BCUT2D eigenvalue weighted by Crippen LogP contribution is -2.27. The molecule has 1 aromatic carbocycles. The van der Waals surface area contributed by atoms with Gasteiger partial charge in [-0.1, -0.05) is 12.1 Å². The van der Waals surface area contributed by atoms with Crippen molar-refractivity contribution in [1.29, 1.82) is 0 Å². The molecule has 0 spiro atoms. The molecule has 36 heavy (non-hydrogen) atoms. The molecule has 0 bridgehead atoms. The number of para-hydroxylation sites is 1. The van der Waals surface area contributed by atoms with Crippen LogP contribution < -0.4 is 20.3 Å². The molecule has 0 fully saturated rings. The molecule has 0 aliphatic carbocycles. The number of rotatable bonds is 7. The molecule has 2 aromatic heterocycles. The van der Waals surface area contributed by atoms with Crippen LogP contribution in [-0.4, -0.2) is 42.6 Å². The van der Waals surface area contributed by atoms with Crippen LogP contribution in [0.2, 0.25) is 0 Å². The lowest BCUT2D eigenvalue weighted by atomic mass is 10.1. The van der Waals surface area contributed by atoms with E-state index in [1.54, 1.807) is 25.1 Å². The number of hydrogen-bond donors (Lipinski definition) is 3. The first-order valence-electron chi connectivity index (χ1n) is 10.6. The summed E-state index contributed by atoms with van der Waals surface area (Å²) >= 11 is 0. The Labute approximate surface area is 205 Å². The third kappa shape index (κ3) is 5.17. The number of halogens is 3. The zero-order valence-corrected chi connectivity index (χ0v) is 20.3. The average molecular weight is 522 g/mol. The minimum absolute atomic E-state index is 0.129. The standard InChI is InChI=1S/C22H22F3N7O3S/c1-12-8-26-9-14(19(12)32(2)36(3,34)35)10-27-20-15(22(23,24)25)11-28-21(31-20)29-16-6-4-5-13-7-17(33)30-18(13)16/h4-6,8-9,11H,7,10H2,1-3H3,(H,30,33)(H2,27,28,29,31). The van der Waals surface area contributed by atoms with Gasteiger partial charge in [-0.15, -0.1) is 0 Å². The van der Waals surface area contributed by atoms with Crippen molar-refractivity contribution in [2.45, 2.75) is 26.1 Å². The topological polar surface area (TPSA) is 129 Å². The van der Waals surface area contributed by atoms with Gasteiger partial charge in [-0.2, -0.15) is 18.2 Å². The van der Waals surface area contributed by atoms with E-state index >= 15 is 0 Å². The third-order valence-corrected chi connectivity index (χ3v) is 6.72. The number of carbonyl (C=O) groups is 1. The number of sulfonamides is 1. The van der Waals surface area contributed by atoms with Crippen LogP contribution in [0.3, 0.4) is 0 Å². The van der Waals surface area contributed by atoms with Crippen molar-refractivity contribution in [2.24, 2.45) is 0 Å². The van der Waals surface area contributed by atoms with Gasteiger partial charge in [0.15, 0.2) is 0 Å². The van der Waals surface area contributed by atoms with Crippen LogP contribution in [0.1, 0.15) is 22.3 Å². The summed E-state index contributed by atoms with van der Waals surface area (Å²) in [4.78, 5) is 23.6. The predicted octanol–water partition coefficient (Wildman–Crippen LogP) is 3.44. The van der Waals surface area contributed by atoms with Gasteiger partial charge in [0.25, 0.3) is 0 Å². The fraction of sp³-hybridized carbons (Fsp3) is 0.273. The highest BCUT2D eigenvalue weighted by Crippen LogP contribution is 2.36. The first-order valence-corrected chi connectivity index (χ1v) is 12.4. The number of nitrogens with zero attached hydrogens (tertiary/aromatic N) is 4. The number of carbonyl (C=O) groups excluding carboxylic acids is 1. The maximum Gasteiger partial charge on any atom is 0.421 e. The van der Waals surface area contributed by atoms with Gasteiger partial charge in [0.1, 0.15) is 11.4 Å². The summed E-state index contributed by atoms with van der Waals surface area (Å²) in [5.74, 6) is -0.835. The van der Waals surface area contributed by atoms with E-state index in [0.717, 1.165) is 16.1 Å². The van der Waals surface area contributed by atoms with Crippen LogP contribution in [0.4, 0.5) is 42.0 Å². The second-order valence-electron chi connectivity index (χ2n) is 8.19. The van der Waals surface area contributed by atoms with Crippen LogP contribution in [0.25, 0.3) is 0 Å². The van der Waals surface area contributed by atoms with Crippen LogP contribution in [-0.2, 0) is 34.0 Å². The van der Waals surface area contributed by atoms with E-state index in [1.807, 2.05) is 0 Å². The number of pyridine rings is 1. The zero-order valence-electron chi connectivity index (χ0n) is 19.4. The number of amides is 1. The van der Waals surface area contributed by atoms with Crippen molar-refractivity contribution in [3.8, 4) is 0 Å². The highest BCUT2D eigenvalue weighted by Gasteiger charge is 2.35. The van der Waals surface area contributed by atoms with Gasteiger partial charge < -0.3 is 16.0 Å². The van der Waals surface area contributed by atoms with E-state index in [9.17, 15) is 26.4 Å². The van der Waals surface area contributed by atoms with Crippen LogP contribution >= 0.6 is 0 Å². The van der Waals surface area contributed by atoms with Gasteiger partial charge in [0.2, 0.25) is 21.9 Å². The molecule has 0 unspecified atom stereocenters. The van der Waals surface area contributed by atoms with Crippen LogP contribution in [0.5, 0.6) is 0 Å². The Morgan fingerprint density at radius 1 is 1.19 bits per heavy atom. The maximum absolute atomic E-state index is 13.7. The molecule has 1 aliphatic heterocycles. The van der Waals surface area contributed by atoms with Crippen molar-refractivity contribution in [1.82, 2.24) is 15.0 Å². The van der Waals surface area contributed by atoms with E-state index in [1.165, 1.54) is 19.4 Å². The van der Waals surface area contributed by atoms with Gasteiger partial charge in [0, 0.05) is 37.7 Å². The summed E-state index contributed by atoms with van der Waals surface area (Å²) in [7, 11) is -2.28. The molecular weight excluding hydrogens is 499 g/mol. The molecule has 3 N–H and O–H groups in total. The Kier molecular flexibility index (Phi) is 6.47. The van der Waals surface area contributed by atoms with Crippen molar-refractivity contribution in [2.75, 3.05) is 33.6 Å². The van der Waals surface area contributed by atoms with Gasteiger partial charge in [-0.25, -0.2) is 13.4 Å². The fourth-order valence-electron chi connectivity index (χ4n) is 3.80. The Hall–Kier alpha value is -3.94. The Morgan fingerprint density at radius 3 is 2.64 bits per heavy atom. The normalized spacial score (nSPS) is 13.2. The number of aryl methyl sites for hydroxylation is 1. The second kappa shape index (κ2) is 9.26. The van der Waals surface area contributed by atoms with E-state index in [0.29, 0.717) is 34.4 Å². The second-order valence-corrected chi connectivity index (χ2v) is 10.2. The van der Waals surface area contributed by atoms with Gasteiger partial charge in [-0.3, -0.25) is 14.1 Å². The van der Waals surface area contributed by atoms with Crippen molar-refractivity contribution < 1.29 is 26.4 Å².